The molecule has 39 heavy (non-hydrogen) atoms. The highest BCUT2D eigenvalue weighted by molar-refractivity contribution is 6.03. The first-order chi connectivity index (χ1) is 19.2. The summed E-state index contributed by atoms with van der Waals surface area (Å²) in [6.45, 7) is 4.80. The average Bonchev–Trinajstić information content (AvgIpc) is 3.35. The van der Waals surface area contributed by atoms with Gasteiger partial charge in [0.25, 0.3) is 0 Å². The van der Waals surface area contributed by atoms with Crippen molar-refractivity contribution in [1.29, 1.82) is 0 Å². The quantitative estimate of drug-likeness (QED) is 0.216. The number of morpholine rings is 1. The van der Waals surface area contributed by atoms with Gasteiger partial charge in [-0.2, -0.15) is 0 Å². The van der Waals surface area contributed by atoms with Gasteiger partial charge in [-0.05, 0) is 47.1 Å². The molecule has 1 aliphatic heterocycles. The summed E-state index contributed by atoms with van der Waals surface area (Å²) in [5.41, 5.74) is 5.27. The highest BCUT2D eigenvalue weighted by Gasteiger charge is 2.19. The summed E-state index contributed by atoms with van der Waals surface area (Å²) in [6, 6.07) is 28.8. The number of rotatable bonds is 9. The van der Waals surface area contributed by atoms with Gasteiger partial charge in [0.05, 0.1) is 25.3 Å². The molecule has 4 aromatic carbocycles. The van der Waals surface area contributed by atoms with Crippen molar-refractivity contribution in [2.45, 2.75) is 19.4 Å². The molecule has 2 N–H and O–H groups in total. The standard InChI is InChI=1S/C33H32N2O4/c36-33(37)32-29(14-6-18-39-30-15-4-9-24-8-1-2-11-26(24)30)28-13-5-12-27(31(28)34-32)25-10-3-7-23(21-25)22-35-16-19-38-20-17-35/h1-5,7-13,15,21,34H,6,14,16-20,22H2,(H,36,37). The van der Waals surface area contributed by atoms with Crippen molar-refractivity contribution < 1.29 is 19.4 Å². The fraction of sp³-hybridized carbons (Fsp3) is 0.242. The Morgan fingerprint density at radius 3 is 2.56 bits per heavy atom. The van der Waals surface area contributed by atoms with Gasteiger partial charge in [0.1, 0.15) is 11.4 Å². The molecule has 2 heterocycles. The maximum atomic E-state index is 12.2. The van der Waals surface area contributed by atoms with E-state index in [1.54, 1.807) is 0 Å². The number of carbonyl (C=O) groups is 1. The van der Waals surface area contributed by atoms with Gasteiger partial charge < -0.3 is 19.6 Å². The smallest absolute Gasteiger partial charge is 0.352 e. The molecule has 0 aliphatic carbocycles. The number of hydrogen-bond acceptors (Lipinski definition) is 4. The summed E-state index contributed by atoms with van der Waals surface area (Å²) in [6.07, 6.45) is 1.31. The van der Waals surface area contributed by atoms with Crippen LogP contribution in [0, 0.1) is 0 Å². The minimum atomic E-state index is -0.941. The Hall–Kier alpha value is -4.13. The fourth-order valence-corrected chi connectivity index (χ4v) is 5.56. The topological polar surface area (TPSA) is 74.8 Å². The molecule has 0 spiro atoms. The molecule has 0 atom stereocenters. The Bertz CT molecular complexity index is 1610. The number of aryl methyl sites for hydroxylation is 1. The van der Waals surface area contributed by atoms with Crippen LogP contribution in [0.1, 0.15) is 28.0 Å². The predicted octanol–water partition coefficient (Wildman–Crippen LogP) is 6.53. The molecule has 0 saturated carbocycles. The highest BCUT2D eigenvalue weighted by Crippen LogP contribution is 2.33. The number of aromatic carboxylic acids is 1. The van der Waals surface area contributed by atoms with Crippen molar-refractivity contribution in [2.75, 3.05) is 32.9 Å². The molecule has 6 heteroatoms. The lowest BCUT2D eigenvalue weighted by Gasteiger charge is -2.26. The molecule has 0 amide bonds. The van der Waals surface area contributed by atoms with E-state index in [1.807, 2.05) is 36.4 Å². The maximum Gasteiger partial charge on any atom is 0.352 e. The summed E-state index contributed by atoms with van der Waals surface area (Å²) in [5.74, 6) is -0.0899. The summed E-state index contributed by atoms with van der Waals surface area (Å²) < 4.78 is 11.6. The minimum absolute atomic E-state index is 0.257. The third-order valence-corrected chi connectivity index (χ3v) is 7.48. The zero-order chi connectivity index (χ0) is 26.6. The number of H-pyrrole nitrogens is 1. The van der Waals surface area contributed by atoms with Crippen molar-refractivity contribution in [3.63, 3.8) is 0 Å². The Labute approximate surface area is 227 Å². The van der Waals surface area contributed by atoms with Crippen LogP contribution in [-0.4, -0.2) is 53.9 Å². The van der Waals surface area contributed by atoms with Gasteiger partial charge in [-0.15, -0.1) is 0 Å². The number of benzene rings is 4. The number of aromatic nitrogens is 1. The molecule has 1 saturated heterocycles. The third kappa shape index (κ3) is 5.39. The van der Waals surface area contributed by atoms with Crippen LogP contribution in [0.4, 0.5) is 0 Å². The maximum absolute atomic E-state index is 12.2. The second-order valence-corrected chi connectivity index (χ2v) is 10.0. The Kier molecular flexibility index (Phi) is 7.30. The summed E-state index contributed by atoms with van der Waals surface area (Å²) in [4.78, 5) is 17.9. The molecule has 6 nitrogen and oxygen atoms in total. The second kappa shape index (κ2) is 11.3. The van der Waals surface area contributed by atoms with Crippen LogP contribution in [0.2, 0.25) is 0 Å². The Morgan fingerprint density at radius 2 is 1.69 bits per heavy atom. The minimum Gasteiger partial charge on any atom is -0.493 e. The number of carboxylic acid groups (broad SMARTS) is 1. The summed E-state index contributed by atoms with van der Waals surface area (Å²) in [5, 5.41) is 13.2. The average molecular weight is 521 g/mol. The molecule has 198 valence electrons. The molecule has 1 aromatic heterocycles. The van der Waals surface area contributed by atoms with E-state index in [0.717, 1.165) is 77.0 Å². The largest absolute Gasteiger partial charge is 0.493 e. The van der Waals surface area contributed by atoms with Crippen molar-refractivity contribution in [3.8, 4) is 16.9 Å². The van der Waals surface area contributed by atoms with E-state index >= 15 is 0 Å². The fourth-order valence-electron chi connectivity index (χ4n) is 5.56. The van der Waals surface area contributed by atoms with Gasteiger partial charge >= 0.3 is 5.97 Å². The normalized spacial score (nSPS) is 14.2. The number of nitrogens with one attached hydrogen (secondary N) is 1. The zero-order valence-corrected chi connectivity index (χ0v) is 21.9. The first kappa shape index (κ1) is 25.2. The molecule has 0 unspecified atom stereocenters. The van der Waals surface area contributed by atoms with Crippen LogP contribution in [0.5, 0.6) is 5.75 Å². The molecule has 1 aliphatic rings. The number of aromatic amines is 1. The highest BCUT2D eigenvalue weighted by atomic mass is 16.5. The van der Waals surface area contributed by atoms with Crippen molar-refractivity contribution in [1.82, 2.24) is 9.88 Å². The van der Waals surface area contributed by atoms with Gasteiger partial charge in [0, 0.05) is 36.0 Å². The number of carboxylic acids is 1. The van der Waals surface area contributed by atoms with Crippen LogP contribution >= 0.6 is 0 Å². The monoisotopic (exact) mass is 520 g/mol. The number of hydrogen-bond donors (Lipinski definition) is 2. The summed E-state index contributed by atoms with van der Waals surface area (Å²) in [7, 11) is 0. The van der Waals surface area contributed by atoms with E-state index < -0.39 is 5.97 Å². The predicted molar refractivity (Wildman–Crippen MR) is 155 cm³/mol. The molecule has 1 fully saturated rings. The van der Waals surface area contributed by atoms with Crippen molar-refractivity contribution in [2.24, 2.45) is 0 Å². The summed E-state index contributed by atoms with van der Waals surface area (Å²) >= 11 is 0. The number of fused-ring (bicyclic) bond motifs is 2. The van der Waals surface area contributed by atoms with Gasteiger partial charge in [-0.1, -0.05) is 72.8 Å². The lowest BCUT2D eigenvalue weighted by molar-refractivity contribution is 0.0342. The SMILES string of the molecule is O=C(O)c1[nH]c2c(-c3cccc(CN4CCOCC4)c3)cccc2c1CCCOc1cccc2ccccc12. The number of nitrogens with zero attached hydrogens (tertiary/aromatic N) is 1. The van der Waals surface area contributed by atoms with Gasteiger partial charge in [-0.25, -0.2) is 4.79 Å². The molecular formula is C33H32N2O4. The Balaban J connectivity index is 1.23. The van der Waals surface area contributed by atoms with Gasteiger partial charge in [0.15, 0.2) is 0 Å². The van der Waals surface area contributed by atoms with Crippen LogP contribution in [0.15, 0.2) is 84.9 Å². The first-order valence-electron chi connectivity index (χ1n) is 13.5. The molecule has 0 bridgehead atoms. The lowest BCUT2D eigenvalue weighted by atomic mass is 9.98. The van der Waals surface area contributed by atoms with Crippen LogP contribution in [-0.2, 0) is 17.7 Å². The molecule has 5 aromatic rings. The first-order valence-corrected chi connectivity index (χ1v) is 13.5. The van der Waals surface area contributed by atoms with E-state index in [1.165, 1.54) is 5.56 Å². The van der Waals surface area contributed by atoms with E-state index in [0.29, 0.717) is 19.4 Å². The molecule has 6 rings (SSSR count). The van der Waals surface area contributed by atoms with E-state index in [2.05, 4.69) is 58.4 Å². The van der Waals surface area contributed by atoms with E-state index in [9.17, 15) is 9.90 Å². The van der Waals surface area contributed by atoms with Crippen molar-refractivity contribution >= 4 is 27.6 Å². The molecular weight excluding hydrogens is 488 g/mol. The van der Waals surface area contributed by atoms with Crippen LogP contribution in [0.3, 0.4) is 0 Å². The van der Waals surface area contributed by atoms with E-state index in [4.69, 9.17) is 9.47 Å². The third-order valence-electron chi connectivity index (χ3n) is 7.48. The van der Waals surface area contributed by atoms with Gasteiger partial charge in [0.2, 0.25) is 0 Å². The second-order valence-electron chi connectivity index (χ2n) is 10.0. The number of para-hydroxylation sites is 1. The van der Waals surface area contributed by atoms with Gasteiger partial charge in [-0.3, -0.25) is 4.90 Å². The molecule has 0 radical (unpaired) electrons. The number of ether oxygens (including phenoxy) is 2. The van der Waals surface area contributed by atoms with Crippen LogP contribution < -0.4 is 4.74 Å². The zero-order valence-electron chi connectivity index (χ0n) is 21.9. The van der Waals surface area contributed by atoms with Crippen molar-refractivity contribution in [3.05, 3.63) is 102 Å². The lowest BCUT2D eigenvalue weighted by Crippen LogP contribution is -2.35. The van der Waals surface area contributed by atoms with Crippen LogP contribution in [0.25, 0.3) is 32.8 Å². The Morgan fingerprint density at radius 1 is 0.923 bits per heavy atom. The van der Waals surface area contributed by atoms with E-state index in [-0.39, 0.29) is 5.69 Å².